The first-order valence-electron chi connectivity index (χ1n) is 27.8. The van der Waals surface area contributed by atoms with Crippen molar-refractivity contribution in [1.82, 2.24) is 14.5 Å². The predicted octanol–water partition coefficient (Wildman–Crippen LogP) is 16.3. The minimum atomic E-state index is -3.40. The molecule has 9 aromatic rings. The number of aromatic nitrogens is 3. The normalized spacial score (nSPS) is 15.7. The van der Waals surface area contributed by atoms with Crippen LogP contribution in [0.4, 0.5) is 0 Å². The molecule has 0 saturated carbocycles. The van der Waals surface area contributed by atoms with E-state index in [-0.39, 0.29) is 22.3 Å². The molecule has 0 atom stereocenters. The third kappa shape index (κ3) is 8.54. The number of aryl methyl sites for hydroxylation is 1. The van der Waals surface area contributed by atoms with Gasteiger partial charge in [-0.1, -0.05) is 171 Å². The van der Waals surface area contributed by atoms with Crippen molar-refractivity contribution in [3.8, 4) is 78.6 Å². The van der Waals surface area contributed by atoms with Gasteiger partial charge in [0.05, 0.1) is 22.3 Å². The van der Waals surface area contributed by atoms with Crippen molar-refractivity contribution in [2.45, 2.75) is 85.2 Å². The van der Waals surface area contributed by atoms with Crippen molar-refractivity contribution in [2.24, 2.45) is 0 Å². The van der Waals surface area contributed by atoms with Crippen LogP contribution in [0.25, 0.3) is 83.9 Å². The number of benzene rings is 7. The van der Waals surface area contributed by atoms with Crippen LogP contribution < -0.4 is 0 Å². The molecule has 0 amide bonds. The van der Waals surface area contributed by atoms with Gasteiger partial charge in [-0.3, -0.25) is 9.55 Å². The van der Waals surface area contributed by atoms with Crippen LogP contribution in [0, 0.1) is 6.85 Å². The van der Waals surface area contributed by atoms with E-state index in [4.69, 9.17) is 26.4 Å². The Morgan fingerprint density at radius 1 is 0.492 bits per heavy atom. The number of hydrogen-bond donors (Lipinski definition) is 1. The largest absolute Gasteiger partial charge is 0.507 e. The van der Waals surface area contributed by atoms with Crippen LogP contribution in [0.5, 0.6) is 5.75 Å². The summed E-state index contributed by atoms with van der Waals surface area (Å²) in [6.07, 6.45) is 1.64. The highest BCUT2D eigenvalue weighted by atomic mass is 16.3. The van der Waals surface area contributed by atoms with Crippen molar-refractivity contribution in [1.29, 1.82) is 0 Å². The first kappa shape index (κ1) is 30.9. The monoisotopic (exact) mass is 862 g/mol. The van der Waals surface area contributed by atoms with Gasteiger partial charge in [0.15, 0.2) is 0 Å². The summed E-state index contributed by atoms with van der Waals surface area (Å²) in [5.74, 6) is 0.486. The average molecular weight is 862 g/mol. The average Bonchev–Trinajstić information content (AvgIpc) is 3.83. The number of nitrogens with zero attached hydrogens (tertiary/aromatic N) is 3. The fourth-order valence-corrected chi connectivity index (χ4v) is 8.53. The van der Waals surface area contributed by atoms with E-state index in [0.29, 0.717) is 50.5 Å². The molecule has 0 aliphatic heterocycles. The molecule has 0 aliphatic carbocycles. The molecule has 0 saturated heterocycles. The number of fused-ring (bicyclic) bond motifs is 1. The molecule has 324 valence electrons. The molecule has 0 aliphatic rings. The molecule has 4 heteroatoms. The van der Waals surface area contributed by atoms with E-state index in [9.17, 15) is 5.11 Å². The lowest BCUT2D eigenvalue weighted by molar-refractivity contribution is 0.446. The van der Waals surface area contributed by atoms with Gasteiger partial charge in [0.2, 0.25) is 0 Å². The number of phenols is 1. The van der Waals surface area contributed by atoms with E-state index in [1.807, 2.05) is 120 Å². The minimum Gasteiger partial charge on any atom is -0.507 e. The van der Waals surface area contributed by atoms with Crippen LogP contribution in [-0.2, 0) is 16.2 Å². The molecule has 2 aromatic heterocycles. The molecule has 1 N–H and O–H groups in total. The summed E-state index contributed by atoms with van der Waals surface area (Å²) in [7, 11) is 0. The zero-order valence-electron chi connectivity index (χ0n) is 49.5. The highest BCUT2D eigenvalue weighted by molar-refractivity contribution is 5.98. The predicted molar refractivity (Wildman–Crippen MR) is 274 cm³/mol. The lowest BCUT2D eigenvalue weighted by Crippen LogP contribution is -2.17. The molecule has 9 rings (SSSR count). The molecule has 0 radical (unpaired) electrons. The Kier molecular flexibility index (Phi) is 7.86. The first-order valence-corrected chi connectivity index (χ1v) is 21.8. The van der Waals surface area contributed by atoms with Gasteiger partial charge in [-0.2, -0.15) is 0 Å². The van der Waals surface area contributed by atoms with Gasteiger partial charge in [0.25, 0.3) is 0 Å². The van der Waals surface area contributed by atoms with E-state index >= 15 is 0 Å². The highest BCUT2D eigenvalue weighted by Crippen LogP contribution is 2.45. The Morgan fingerprint density at radius 3 is 1.85 bits per heavy atom. The van der Waals surface area contributed by atoms with Gasteiger partial charge < -0.3 is 5.11 Å². The second-order valence-corrected chi connectivity index (χ2v) is 18.9. The molecule has 0 unspecified atom stereocenters. The zero-order chi connectivity index (χ0) is 55.8. The Labute approximate surface area is 402 Å². The third-order valence-corrected chi connectivity index (χ3v) is 12.1. The number of phenolic OH excluding ortho intramolecular Hbond substituents is 1. The Morgan fingerprint density at radius 2 is 1.17 bits per heavy atom. The Bertz CT molecular complexity index is 3620. The van der Waals surface area contributed by atoms with Crippen LogP contribution in [-0.4, -0.2) is 19.6 Å². The van der Waals surface area contributed by atoms with Gasteiger partial charge in [-0.15, -0.1) is 0 Å². The van der Waals surface area contributed by atoms with E-state index < -0.39 is 38.2 Å². The fourth-order valence-electron chi connectivity index (χ4n) is 8.53. The van der Waals surface area contributed by atoms with Crippen LogP contribution >= 0.6 is 0 Å². The Balaban J connectivity index is 1.28. The fraction of sp³-hybridized carbons (Fsp3) is 0.213. The van der Waals surface area contributed by atoms with Gasteiger partial charge in [0.1, 0.15) is 11.6 Å². The van der Waals surface area contributed by atoms with Crippen LogP contribution in [0.3, 0.4) is 0 Å². The summed E-state index contributed by atoms with van der Waals surface area (Å²) in [6, 6.07) is 50.0. The van der Waals surface area contributed by atoms with E-state index in [1.165, 1.54) is 24.3 Å². The van der Waals surface area contributed by atoms with Gasteiger partial charge >= 0.3 is 0 Å². The topological polar surface area (TPSA) is 50.9 Å². The number of para-hydroxylation sites is 1. The quantitative estimate of drug-likeness (QED) is 0.174. The van der Waals surface area contributed by atoms with Crippen LogP contribution in [0.2, 0.25) is 0 Å². The number of rotatable bonds is 7. The van der Waals surface area contributed by atoms with E-state index in [2.05, 4.69) is 53.7 Å². The number of hydrogen-bond acceptors (Lipinski definition) is 3. The molecule has 0 spiro atoms. The maximum Gasteiger partial charge on any atom is 0.149 e. The van der Waals surface area contributed by atoms with E-state index in [1.54, 1.807) is 18.3 Å². The van der Waals surface area contributed by atoms with Gasteiger partial charge in [-0.05, 0) is 133 Å². The molecular weight excluding hydrogens is 791 g/mol. The summed E-state index contributed by atoms with van der Waals surface area (Å²) in [5, 5.41) is 12.5. The van der Waals surface area contributed by atoms with Crippen molar-refractivity contribution in [3.63, 3.8) is 0 Å². The second kappa shape index (κ2) is 16.5. The highest BCUT2D eigenvalue weighted by Gasteiger charge is 2.29. The number of pyridine rings is 1. The lowest BCUT2D eigenvalue weighted by Gasteiger charge is -2.27. The first-order chi connectivity index (χ1) is 35.9. The molecule has 0 fully saturated rings. The summed E-state index contributed by atoms with van der Waals surface area (Å²) < 4.78 is 102. The van der Waals surface area contributed by atoms with Crippen molar-refractivity contribution >= 4 is 11.0 Å². The van der Waals surface area contributed by atoms with Gasteiger partial charge in [-0.25, -0.2) is 4.98 Å². The summed E-state index contributed by atoms with van der Waals surface area (Å²) >= 11 is 0. The molecule has 0 bridgehead atoms. The van der Waals surface area contributed by atoms with Crippen molar-refractivity contribution < 1.29 is 21.6 Å². The maximum atomic E-state index is 12.5. The lowest BCUT2D eigenvalue weighted by atomic mass is 9.79. The van der Waals surface area contributed by atoms with Crippen LogP contribution in [0.1, 0.15) is 101 Å². The third-order valence-electron chi connectivity index (χ3n) is 12.1. The molecular formula is C61H59N3O. The smallest absolute Gasteiger partial charge is 0.149 e. The SMILES string of the molecule is [2H]C([2H])([2H])c1cc(-n2c(-c3cc(C(C)(C)C)cc(C(C)(C)C)c3O)nc3c(-c4cc(-c5ccccc5)cc(-c5cc(-c6ccc(C(C([2H])([2H])[2H])(C([2H])([2H])[2H])C([2H])([2H])[2H])cc6)ccn5)c4)cccc32)ccc1-c1ccccc1. The molecule has 2 heterocycles. The summed E-state index contributed by atoms with van der Waals surface area (Å²) in [6.45, 7) is -0.152. The van der Waals surface area contributed by atoms with E-state index in [0.717, 1.165) is 44.5 Å². The standard InChI is InChI=1S/C61H59N3O/c1-39-32-49(28-29-50(39)42-20-15-12-16-21-42)64-55-23-17-22-51(56(55)63-58(64)52-37-48(60(5,6)7)38-53(57(52)65)61(8,9)10)45-33-44(40-18-13-11-14-19-40)34-46(35-45)54-36-43(30-31-62-54)41-24-26-47(27-25-41)59(2,3)4/h11-38,65H,1-10H3/i1D3,2D3,3D3,4D3. The summed E-state index contributed by atoms with van der Waals surface area (Å²) in [5.41, 5.74) is 7.06. The summed E-state index contributed by atoms with van der Waals surface area (Å²) in [4.78, 5) is 10.3. The number of imidazole rings is 1. The minimum absolute atomic E-state index is 0.0701. The molecule has 65 heavy (non-hydrogen) atoms. The van der Waals surface area contributed by atoms with Gasteiger partial charge in [0, 0.05) is 45.0 Å². The Hall–Kier alpha value is -7.04. The number of aromatic hydroxyl groups is 1. The van der Waals surface area contributed by atoms with Crippen molar-refractivity contribution in [3.05, 3.63) is 192 Å². The molecule has 7 aromatic carbocycles. The molecule has 4 nitrogen and oxygen atoms in total. The maximum absolute atomic E-state index is 12.5. The zero-order valence-corrected chi connectivity index (χ0v) is 37.5. The second-order valence-electron chi connectivity index (χ2n) is 18.9. The van der Waals surface area contributed by atoms with Crippen LogP contribution in [0.15, 0.2) is 170 Å². The van der Waals surface area contributed by atoms with Crippen molar-refractivity contribution in [2.75, 3.05) is 0 Å².